The van der Waals surface area contributed by atoms with Crippen molar-refractivity contribution in [1.82, 2.24) is 5.32 Å². The Balaban J connectivity index is 2.58. The van der Waals surface area contributed by atoms with Crippen molar-refractivity contribution in [3.63, 3.8) is 0 Å². The number of aryl methyl sites for hydroxylation is 3. The van der Waals surface area contributed by atoms with Crippen LogP contribution in [0, 0.1) is 20.8 Å². The summed E-state index contributed by atoms with van der Waals surface area (Å²) in [6, 6.07) is 10.4. The third-order valence-electron chi connectivity index (χ3n) is 3.82. The van der Waals surface area contributed by atoms with E-state index in [0.29, 0.717) is 0 Å². The second kappa shape index (κ2) is 6.83. The van der Waals surface area contributed by atoms with Gasteiger partial charge in [-0.05, 0) is 73.3 Å². The maximum absolute atomic E-state index is 6.23. The first-order valence-electron chi connectivity index (χ1n) is 7.20. The maximum Gasteiger partial charge on any atom is 0.0582 e. The molecule has 0 aliphatic heterocycles. The molecule has 0 fully saturated rings. The largest absolute Gasteiger partial charge is 0.307 e. The van der Waals surface area contributed by atoms with E-state index in [1.165, 1.54) is 22.3 Å². The second-order valence-corrected chi connectivity index (χ2v) is 6.29. The normalized spacial score (nSPS) is 12.5. The molecule has 0 aliphatic rings. The zero-order chi connectivity index (χ0) is 15.6. The van der Waals surface area contributed by atoms with Gasteiger partial charge in [0.05, 0.1) is 6.04 Å². The van der Waals surface area contributed by atoms with Crippen molar-refractivity contribution >= 4 is 23.2 Å². The summed E-state index contributed by atoms with van der Waals surface area (Å²) in [4.78, 5) is 0. The molecule has 0 spiro atoms. The van der Waals surface area contributed by atoms with E-state index in [-0.39, 0.29) is 6.04 Å². The molecule has 1 nitrogen and oxygen atoms in total. The van der Waals surface area contributed by atoms with Crippen LogP contribution in [0.5, 0.6) is 0 Å². The SMILES string of the molecule is CCNC(c1cc(Cl)ccc1C)c1cc(C)c(Cl)cc1C. The lowest BCUT2D eigenvalue weighted by Crippen LogP contribution is -2.23. The Labute approximate surface area is 137 Å². The molecular formula is C18H21Cl2N. The lowest BCUT2D eigenvalue weighted by molar-refractivity contribution is 0.624. The summed E-state index contributed by atoms with van der Waals surface area (Å²) >= 11 is 12.4. The van der Waals surface area contributed by atoms with Gasteiger partial charge in [0, 0.05) is 10.0 Å². The van der Waals surface area contributed by atoms with Crippen molar-refractivity contribution in [3.8, 4) is 0 Å². The molecule has 112 valence electrons. The predicted octanol–water partition coefficient (Wildman–Crippen LogP) is 5.62. The summed E-state index contributed by atoms with van der Waals surface area (Å²) in [7, 11) is 0. The average Bonchev–Trinajstić information content (AvgIpc) is 2.43. The lowest BCUT2D eigenvalue weighted by Gasteiger charge is -2.24. The van der Waals surface area contributed by atoms with Crippen molar-refractivity contribution in [2.75, 3.05) is 6.54 Å². The summed E-state index contributed by atoms with van der Waals surface area (Å²) in [6.07, 6.45) is 0. The smallest absolute Gasteiger partial charge is 0.0582 e. The first-order valence-corrected chi connectivity index (χ1v) is 7.95. The van der Waals surface area contributed by atoms with Gasteiger partial charge in [0.1, 0.15) is 0 Å². The van der Waals surface area contributed by atoms with Crippen LogP contribution < -0.4 is 5.32 Å². The highest BCUT2D eigenvalue weighted by molar-refractivity contribution is 6.31. The zero-order valence-electron chi connectivity index (χ0n) is 12.9. The van der Waals surface area contributed by atoms with Crippen LogP contribution in [0.25, 0.3) is 0 Å². The quantitative estimate of drug-likeness (QED) is 0.770. The third kappa shape index (κ3) is 3.60. The third-order valence-corrected chi connectivity index (χ3v) is 4.46. The molecule has 2 rings (SSSR count). The zero-order valence-corrected chi connectivity index (χ0v) is 14.4. The van der Waals surface area contributed by atoms with E-state index in [1.54, 1.807) is 0 Å². The molecule has 21 heavy (non-hydrogen) atoms. The number of halogens is 2. The summed E-state index contributed by atoms with van der Waals surface area (Å²) in [5, 5.41) is 5.15. The highest BCUT2D eigenvalue weighted by Crippen LogP contribution is 2.32. The molecule has 0 aliphatic carbocycles. The minimum absolute atomic E-state index is 0.129. The average molecular weight is 322 g/mol. The van der Waals surface area contributed by atoms with E-state index >= 15 is 0 Å². The summed E-state index contributed by atoms with van der Waals surface area (Å²) < 4.78 is 0. The fraction of sp³-hybridized carbons (Fsp3) is 0.333. The van der Waals surface area contributed by atoms with Crippen molar-refractivity contribution in [2.24, 2.45) is 0 Å². The standard InChI is InChI=1S/C18H21Cl2N/c1-5-21-18(16-10-14(19)7-6-11(16)2)15-8-13(4)17(20)9-12(15)3/h6-10,18,21H,5H2,1-4H3. The van der Waals surface area contributed by atoms with Crippen LogP contribution in [0.4, 0.5) is 0 Å². The molecule has 0 radical (unpaired) electrons. The molecule has 0 bridgehead atoms. The van der Waals surface area contributed by atoms with Gasteiger partial charge in [0.15, 0.2) is 0 Å². The minimum atomic E-state index is 0.129. The van der Waals surface area contributed by atoms with Gasteiger partial charge >= 0.3 is 0 Å². The van der Waals surface area contributed by atoms with Gasteiger partial charge in [-0.15, -0.1) is 0 Å². The van der Waals surface area contributed by atoms with Gasteiger partial charge in [-0.2, -0.15) is 0 Å². The Morgan fingerprint density at radius 3 is 2.24 bits per heavy atom. The molecular weight excluding hydrogens is 301 g/mol. The van der Waals surface area contributed by atoms with Crippen molar-refractivity contribution in [2.45, 2.75) is 33.7 Å². The van der Waals surface area contributed by atoms with Crippen LogP contribution in [-0.2, 0) is 0 Å². The number of nitrogens with one attached hydrogen (secondary N) is 1. The summed E-state index contributed by atoms with van der Waals surface area (Å²) in [6.45, 7) is 9.26. The van der Waals surface area contributed by atoms with Gasteiger partial charge in [-0.3, -0.25) is 0 Å². The van der Waals surface area contributed by atoms with Crippen LogP contribution in [0.3, 0.4) is 0 Å². The van der Waals surface area contributed by atoms with Gasteiger partial charge in [-0.1, -0.05) is 42.3 Å². The Kier molecular flexibility index (Phi) is 5.32. The monoisotopic (exact) mass is 321 g/mol. The van der Waals surface area contributed by atoms with Gasteiger partial charge in [-0.25, -0.2) is 0 Å². The first-order chi connectivity index (χ1) is 9.93. The van der Waals surface area contributed by atoms with Gasteiger partial charge in [0.25, 0.3) is 0 Å². The van der Waals surface area contributed by atoms with Gasteiger partial charge in [0.2, 0.25) is 0 Å². The molecule has 1 unspecified atom stereocenters. The molecule has 1 N–H and O–H groups in total. The fourth-order valence-corrected chi connectivity index (χ4v) is 3.03. The fourth-order valence-electron chi connectivity index (χ4n) is 2.63. The molecule has 3 heteroatoms. The summed E-state index contributed by atoms with van der Waals surface area (Å²) in [5.41, 5.74) is 5.99. The van der Waals surface area contributed by atoms with Crippen molar-refractivity contribution in [1.29, 1.82) is 0 Å². The Morgan fingerprint density at radius 2 is 1.57 bits per heavy atom. The number of hydrogen-bond acceptors (Lipinski definition) is 1. The number of benzene rings is 2. The highest BCUT2D eigenvalue weighted by atomic mass is 35.5. The van der Waals surface area contributed by atoms with E-state index < -0.39 is 0 Å². The highest BCUT2D eigenvalue weighted by Gasteiger charge is 2.18. The topological polar surface area (TPSA) is 12.0 Å². The van der Waals surface area contributed by atoms with Crippen LogP contribution in [0.15, 0.2) is 30.3 Å². The van der Waals surface area contributed by atoms with Crippen LogP contribution in [0.2, 0.25) is 10.0 Å². The van der Waals surface area contributed by atoms with Crippen LogP contribution in [-0.4, -0.2) is 6.54 Å². The van der Waals surface area contributed by atoms with E-state index in [1.807, 2.05) is 25.1 Å². The molecule has 0 amide bonds. The predicted molar refractivity (Wildman–Crippen MR) is 92.6 cm³/mol. The van der Waals surface area contributed by atoms with E-state index in [9.17, 15) is 0 Å². The molecule has 0 heterocycles. The molecule has 1 atom stereocenters. The molecule has 2 aromatic carbocycles. The second-order valence-electron chi connectivity index (χ2n) is 5.45. The van der Waals surface area contributed by atoms with Gasteiger partial charge < -0.3 is 5.32 Å². The number of rotatable bonds is 4. The van der Waals surface area contributed by atoms with E-state index in [2.05, 4.69) is 38.2 Å². The molecule has 2 aromatic rings. The molecule has 0 saturated carbocycles. The Bertz CT molecular complexity index is 650. The minimum Gasteiger partial charge on any atom is -0.307 e. The van der Waals surface area contributed by atoms with E-state index in [0.717, 1.165) is 22.2 Å². The molecule has 0 aromatic heterocycles. The molecule has 0 saturated heterocycles. The van der Waals surface area contributed by atoms with Crippen LogP contribution >= 0.6 is 23.2 Å². The summed E-state index contributed by atoms with van der Waals surface area (Å²) in [5.74, 6) is 0. The maximum atomic E-state index is 6.23. The number of hydrogen-bond donors (Lipinski definition) is 1. The lowest BCUT2D eigenvalue weighted by atomic mass is 9.91. The Hall–Kier alpha value is -1.02. The van der Waals surface area contributed by atoms with Crippen LogP contribution in [0.1, 0.15) is 40.8 Å². The van der Waals surface area contributed by atoms with Crippen molar-refractivity contribution < 1.29 is 0 Å². The van der Waals surface area contributed by atoms with E-state index in [4.69, 9.17) is 23.2 Å². The van der Waals surface area contributed by atoms with Crippen molar-refractivity contribution in [3.05, 3.63) is 68.2 Å². The Morgan fingerprint density at radius 1 is 0.905 bits per heavy atom. The first kappa shape index (κ1) is 16.4.